The van der Waals surface area contributed by atoms with Gasteiger partial charge in [0.2, 0.25) is 0 Å². The second kappa shape index (κ2) is 10.2. The van der Waals surface area contributed by atoms with Gasteiger partial charge in [0, 0.05) is 21.7 Å². The number of benzene rings is 3. The molecule has 180 valence electrons. The number of amides is 1. The fraction of sp³-hybridized carbons (Fsp3) is 0.120. The highest BCUT2D eigenvalue weighted by molar-refractivity contribution is 7.92. The van der Waals surface area contributed by atoms with Crippen molar-refractivity contribution in [2.75, 3.05) is 16.6 Å². The Labute approximate surface area is 206 Å². The number of ether oxygens (including phenoxy) is 1. The Morgan fingerprint density at radius 2 is 1.77 bits per heavy atom. The smallest absolute Gasteiger partial charge is 0.261 e. The summed E-state index contributed by atoms with van der Waals surface area (Å²) < 4.78 is 46.1. The van der Waals surface area contributed by atoms with Crippen molar-refractivity contribution >= 4 is 38.1 Å². The molecule has 1 heterocycles. The number of hydrogen-bond donors (Lipinski definition) is 2. The molecule has 3 aromatic carbocycles. The SMILES string of the molecule is CCOc1ccc(-c2nc(NC(=O)c3cccc(NS(=O)(=O)c4ccc(F)cc4)c3)sc2C)cc1. The van der Waals surface area contributed by atoms with Crippen LogP contribution in [0, 0.1) is 12.7 Å². The molecule has 0 radical (unpaired) electrons. The van der Waals surface area contributed by atoms with Crippen LogP contribution in [-0.2, 0) is 10.0 Å². The van der Waals surface area contributed by atoms with Crippen LogP contribution >= 0.6 is 11.3 Å². The standard InChI is InChI=1S/C25H22FN3O4S2/c1-3-33-21-11-7-17(8-12-21)23-16(2)34-25(27-23)28-24(30)18-5-4-6-20(15-18)29-35(31,32)22-13-9-19(26)10-14-22/h4-15,29H,3H2,1-2H3,(H,27,28,30). The van der Waals surface area contributed by atoms with Crippen LogP contribution in [0.1, 0.15) is 22.2 Å². The number of carbonyl (C=O) groups excluding carboxylic acids is 1. The Morgan fingerprint density at radius 3 is 2.46 bits per heavy atom. The van der Waals surface area contributed by atoms with Gasteiger partial charge in [-0.15, -0.1) is 11.3 Å². The number of sulfonamides is 1. The van der Waals surface area contributed by atoms with E-state index in [1.165, 1.54) is 35.6 Å². The van der Waals surface area contributed by atoms with Crippen LogP contribution < -0.4 is 14.8 Å². The molecule has 4 rings (SSSR count). The minimum atomic E-state index is -3.94. The first-order valence-corrected chi connectivity index (χ1v) is 13.0. The summed E-state index contributed by atoms with van der Waals surface area (Å²) in [5.74, 6) is -0.196. The first kappa shape index (κ1) is 24.4. The second-order valence-corrected chi connectivity index (χ2v) is 10.4. The molecule has 0 aliphatic heterocycles. The second-order valence-electron chi connectivity index (χ2n) is 7.48. The van der Waals surface area contributed by atoms with Gasteiger partial charge in [-0.05, 0) is 80.6 Å². The summed E-state index contributed by atoms with van der Waals surface area (Å²) in [6.07, 6.45) is 0. The van der Waals surface area contributed by atoms with Gasteiger partial charge in [-0.25, -0.2) is 17.8 Å². The third-order valence-corrected chi connectivity index (χ3v) is 7.24. The lowest BCUT2D eigenvalue weighted by molar-refractivity contribution is 0.102. The predicted octanol–water partition coefficient (Wildman–Crippen LogP) is 5.71. The number of rotatable bonds is 8. The molecule has 10 heteroatoms. The third kappa shape index (κ3) is 5.84. The summed E-state index contributed by atoms with van der Waals surface area (Å²) in [7, 11) is -3.94. The van der Waals surface area contributed by atoms with Gasteiger partial charge >= 0.3 is 0 Å². The number of halogens is 1. The van der Waals surface area contributed by atoms with Gasteiger partial charge in [-0.2, -0.15) is 0 Å². The highest BCUT2D eigenvalue weighted by atomic mass is 32.2. The molecule has 7 nitrogen and oxygen atoms in total. The molecule has 0 bridgehead atoms. The van der Waals surface area contributed by atoms with Crippen LogP contribution in [0.4, 0.5) is 15.2 Å². The lowest BCUT2D eigenvalue weighted by Crippen LogP contribution is -2.15. The number of hydrogen-bond acceptors (Lipinski definition) is 6. The van der Waals surface area contributed by atoms with Crippen LogP contribution in [0.25, 0.3) is 11.3 Å². The van der Waals surface area contributed by atoms with E-state index in [1.54, 1.807) is 12.1 Å². The summed E-state index contributed by atoms with van der Waals surface area (Å²) in [5, 5.41) is 3.20. The molecule has 0 spiro atoms. The van der Waals surface area contributed by atoms with Gasteiger partial charge < -0.3 is 4.74 Å². The lowest BCUT2D eigenvalue weighted by atomic mass is 10.1. The molecule has 0 fully saturated rings. The Balaban J connectivity index is 1.48. The number of anilines is 2. The van der Waals surface area contributed by atoms with Gasteiger partial charge in [0.15, 0.2) is 5.13 Å². The monoisotopic (exact) mass is 511 g/mol. The van der Waals surface area contributed by atoms with Gasteiger partial charge in [0.05, 0.1) is 17.2 Å². The highest BCUT2D eigenvalue weighted by Gasteiger charge is 2.17. The number of aromatic nitrogens is 1. The van der Waals surface area contributed by atoms with Crippen molar-refractivity contribution in [1.82, 2.24) is 4.98 Å². The molecule has 4 aromatic rings. The molecule has 0 saturated heterocycles. The van der Waals surface area contributed by atoms with Crippen molar-refractivity contribution in [2.45, 2.75) is 18.7 Å². The zero-order valence-corrected chi connectivity index (χ0v) is 20.5. The molecule has 0 saturated carbocycles. The van der Waals surface area contributed by atoms with Crippen molar-refractivity contribution in [3.8, 4) is 17.0 Å². The van der Waals surface area contributed by atoms with Gasteiger partial charge in [-0.3, -0.25) is 14.8 Å². The van der Waals surface area contributed by atoms with Crippen LogP contribution in [-0.4, -0.2) is 25.9 Å². The Morgan fingerprint density at radius 1 is 1.06 bits per heavy atom. The number of aryl methyl sites for hydroxylation is 1. The summed E-state index contributed by atoms with van der Waals surface area (Å²) in [5.41, 5.74) is 2.11. The van der Waals surface area contributed by atoms with Crippen molar-refractivity contribution in [3.05, 3.63) is 89.1 Å². The first-order valence-electron chi connectivity index (χ1n) is 10.7. The van der Waals surface area contributed by atoms with Gasteiger partial charge in [-0.1, -0.05) is 6.07 Å². The van der Waals surface area contributed by atoms with Gasteiger partial charge in [0.1, 0.15) is 11.6 Å². The Bertz CT molecular complexity index is 1450. The molecule has 2 N–H and O–H groups in total. The lowest BCUT2D eigenvalue weighted by Gasteiger charge is -2.09. The molecule has 35 heavy (non-hydrogen) atoms. The van der Waals surface area contributed by atoms with E-state index >= 15 is 0 Å². The zero-order valence-electron chi connectivity index (χ0n) is 18.9. The Kier molecular flexibility index (Phi) is 7.13. The first-order chi connectivity index (χ1) is 16.7. The summed E-state index contributed by atoms with van der Waals surface area (Å²) in [6, 6.07) is 18.1. The van der Waals surface area contributed by atoms with Crippen LogP contribution in [0.5, 0.6) is 5.75 Å². The molecular formula is C25H22FN3O4S2. The maximum Gasteiger partial charge on any atom is 0.261 e. The molecule has 0 aliphatic carbocycles. The van der Waals surface area contributed by atoms with Crippen molar-refractivity contribution in [2.24, 2.45) is 0 Å². The fourth-order valence-electron chi connectivity index (χ4n) is 3.31. The van der Waals surface area contributed by atoms with Crippen LogP contribution in [0.2, 0.25) is 0 Å². The van der Waals surface area contributed by atoms with Crippen molar-refractivity contribution in [1.29, 1.82) is 0 Å². The average molecular weight is 512 g/mol. The zero-order chi connectivity index (χ0) is 25.0. The van der Waals surface area contributed by atoms with E-state index in [1.807, 2.05) is 38.1 Å². The van der Waals surface area contributed by atoms with E-state index in [2.05, 4.69) is 15.0 Å². The largest absolute Gasteiger partial charge is 0.494 e. The van der Waals surface area contributed by atoms with E-state index in [-0.39, 0.29) is 16.1 Å². The number of nitrogens with zero attached hydrogens (tertiary/aromatic N) is 1. The quantitative estimate of drug-likeness (QED) is 0.316. The predicted molar refractivity (Wildman–Crippen MR) is 135 cm³/mol. The summed E-state index contributed by atoms with van der Waals surface area (Å²) >= 11 is 1.34. The summed E-state index contributed by atoms with van der Waals surface area (Å²) in [6.45, 7) is 4.42. The van der Waals surface area contributed by atoms with E-state index in [0.29, 0.717) is 11.7 Å². The maximum absolute atomic E-state index is 13.1. The van der Waals surface area contributed by atoms with Gasteiger partial charge in [0.25, 0.3) is 15.9 Å². The van der Waals surface area contributed by atoms with Crippen LogP contribution in [0.3, 0.4) is 0 Å². The normalized spacial score (nSPS) is 11.2. The van der Waals surface area contributed by atoms with E-state index < -0.39 is 21.7 Å². The van der Waals surface area contributed by atoms with E-state index in [4.69, 9.17) is 4.74 Å². The number of thiazole rings is 1. The van der Waals surface area contributed by atoms with E-state index in [0.717, 1.165) is 34.0 Å². The fourth-order valence-corrected chi connectivity index (χ4v) is 5.19. The number of carbonyl (C=O) groups is 1. The summed E-state index contributed by atoms with van der Waals surface area (Å²) in [4.78, 5) is 18.2. The molecule has 1 amide bonds. The Hall–Kier alpha value is -3.76. The molecular weight excluding hydrogens is 489 g/mol. The average Bonchev–Trinajstić information content (AvgIpc) is 3.19. The molecule has 0 unspecified atom stereocenters. The molecule has 0 aliphatic rings. The number of nitrogens with one attached hydrogen (secondary N) is 2. The third-order valence-electron chi connectivity index (χ3n) is 4.96. The highest BCUT2D eigenvalue weighted by Crippen LogP contribution is 2.31. The minimum absolute atomic E-state index is 0.0890. The van der Waals surface area contributed by atoms with E-state index in [9.17, 15) is 17.6 Å². The van der Waals surface area contributed by atoms with Crippen molar-refractivity contribution in [3.63, 3.8) is 0 Å². The minimum Gasteiger partial charge on any atom is -0.494 e. The van der Waals surface area contributed by atoms with Crippen molar-refractivity contribution < 1.29 is 22.3 Å². The molecule has 0 atom stereocenters. The topological polar surface area (TPSA) is 97.4 Å². The maximum atomic E-state index is 13.1. The molecule has 1 aromatic heterocycles. The van der Waals surface area contributed by atoms with Crippen LogP contribution in [0.15, 0.2) is 77.7 Å².